The molecule has 0 radical (unpaired) electrons. The Labute approximate surface area is 162 Å². The number of amides is 1. The maximum absolute atomic E-state index is 12.5. The lowest BCUT2D eigenvalue weighted by Crippen LogP contribution is -2.41. The number of para-hydroxylation sites is 1. The molecular formula is C19H18ClN3O3S. The van der Waals surface area contributed by atoms with Crippen molar-refractivity contribution in [3.05, 3.63) is 82.6 Å². The Bertz CT molecular complexity index is 1090. The van der Waals surface area contributed by atoms with E-state index in [4.69, 9.17) is 11.6 Å². The summed E-state index contributed by atoms with van der Waals surface area (Å²) in [6, 6.07) is 17.3. The molecule has 1 heterocycles. The molecule has 3 rings (SSSR count). The summed E-state index contributed by atoms with van der Waals surface area (Å²) in [7, 11) is -3.98. The summed E-state index contributed by atoms with van der Waals surface area (Å²) in [5.74, 6) is -0.555. The Morgan fingerprint density at radius 2 is 1.63 bits per heavy atom. The molecular weight excluding hydrogens is 386 g/mol. The van der Waals surface area contributed by atoms with Crippen molar-refractivity contribution >= 4 is 27.5 Å². The molecule has 0 bridgehead atoms. The number of aromatic nitrogens is 1. The predicted molar refractivity (Wildman–Crippen MR) is 104 cm³/mol. The summed E-state index contributed by atoms with van der Waals surface area (Å²) in [4.78, 5) is 14.5. The van der Waals surface area contributed by atoms with Crippen LogP contribution < -0.4 is 10.3 Å². The summed E-state index contributed by atoms with van der Waals surface area (Å²) in [5.41, 5.74) is 5.10. The van der Waals surface area contributed by atoms with Gasteiger partial charge in [0.1, 0.15) is 4.90 Å². The van der Waals surface area contributed by atoms with Crippen molar-refractivity contribution in [1.29, 1.82) is 0 Å². The van der Waals surface area contributed by atoms with Gasteiger partial charge >= 0.3 is 0 Å². The van der Waals surface area contributed by atoms with E-state index in [0.717, 1.165) is 11.4 Å². The zero-order valence-corrected chi connectivity index (χ0v) is 16.3. The van der Waals surface area contributed by atoms with Crippen LogP contribution in [0.1, 0.15) is 21.7 Å². The number of hydrogen-bond acceptors (Lipinski definition) is 3. The summed E-state index contributed by atoms with van der Waals surface area (Å²) in [5, 5.41) is 0.0708. The highest BCUT2D eigenvalue weighted by atomic mass is 35.5. The molecule has 27 heavy (non-hydrogen) atoms. The van der Waals surface area contributed by atoms with E-state index in [9.17, 15) is 13.2 Å². The molecule has 2 aromatic carbocycles. The van der Waals surface area contributed by atoms with E-state index in [1.54, 1.807) is 25.1 Å². The fraction of sp³-hybridized carbons (Fsp3) is 0.105. The summed E-state index contributed by atoms with van der Waals surface area (Å²) < 4.78 is 26.6. The molecule has 8 heteroatoms. The van der Waals surface area contributed by atoms with Crippen LogP contribution in [0.5, 0.6) is 0 Å². The van der Waals surface area contributed by atoms with Crippen LogP contribution in [0.25, 0.3) is 5.69 Å². The Morgan fingerprint density at radius 3 is 2.30 bits per heavy atom. The van der Waals surface area contributed by atoms with Crippen LogP contribution in [0.4, 0.5) is 0 Å². The molecule has 2 N–H and O–H groups in total. The molecule has 3 aromatic rings. The second kappa shape index (κ2) is 7.56. The third-order valence-electron chi connectivity index (χ3n) is 4.12. The molecule has 1 aromatic heterocycles. The highest BCUT2D eigenvalue weighted by Crippen LogP contribution is 2.21. The molecule has 140 valence electrons. The molecule has 0 aliphatic heterocycles. The van der Waals surface area contributed by atoms with E-state index < -0.39 is 15.9 Å². The Balaban J connectivity index is 1.83. The normalized spacial score (nSPS) is 11.4. The quantitative estimate of drug-likeness (QED) is 0.641. The Morgan fingerprint density at radius 1 is 1.00 bits per heavy atom. The van der Waals surface area contributed by atoms with Gasteiger partial charge in [0.2, 0.25) is 0 Å². The molecule has 0 saturated heterocycles. The molecule has 0 aliphatic carbocycles. The maximum Gasteiger partial charge on any atom is 0.268 e. The number of benzene rings is 2. The van der Waals surface area contributed by atoms with E-state index in [-0.39, 0.29) is 9.92 Å². The van der Waals surface area contributed by atoms with Gasteiger partial charge in [-0.1, -0.05) is 41.9 Å². The van der Waals surface area contributed by atoms with Gasteiger partial charge in [0.25, 0.3) is 15.9 Å². The van der Waals surface area contributed by atoms with Crippen molar-refractivity contribution in [3.63, 3.8) is 0 Å². The van der Waals surface area contributed by atoms with Gasteiger partial charge in [-0.2, -0.15) is 0 Å². The number of hydrazine groups is 1. The van der Waals surface area contributed by atoms with Crippen LogP contribution in [0, 0.1) is 13.8 Å². The lowest BCUT2D eigenvalue weighted by Gasteiger charge is -2.11. The third-order valence-corrected chi connectivity index (χ3v) is 5.86. The standard InChI is InChI=1S/C19H18ClN3O3S/c1-13-12-16(14(2)23(13)15-8-4-3-5-9-15)19(24)21-22-27(25,26)18-11-7-6-10-17(18)20/h3-12,22H,1-2H3,(H,21,24). The number of nitrogens with one attached hydrogen (secondary N) is 2. The molecule has 0 aliphatic rings. The first kappa shape index (κ1) is 19.2. The molecule has 1 amide bonds. The molecule has 0 atom stereocenters. The topological polar surface area (TPSA) is 80.2 Å². The summed E-state index contributed by atoms with van der Waals surface area (Å²) in [6.07, 6.45) is 0. The number of carbonyl (C=O) groups is 1. The van der Waals surface area contributed by atoms with Gasteiger partial charge in [-0.05, 0) is 44.2 Å². The minimum atomic E-state index is -3.98. The Hall–Kier alpha value is -2.61. The zero-order valence-electron chi connectivity index (χ0n) is 14.7. The number of carbonyl (C=O) groups excluding carboxylic acids is 1. The number of halogens is 1. The van der Waals surface area contributed by atoms with Gasteiger partial charge in [-0.3, -0.25) is 10.2 Å². The first-order chi connectivity index (χ1) is 12.8. The second-order valence-electron chi connectivity index (χ2n) is 5.95. The van der Waals surface area contributed by atoms with Gasteiger partial charge in [-0.15, -0.1) is 4.83 Å². The number of rotatable bonds is 5. The van der Waals surface area contributed by atoms with Crippen molar-refractivity contribution in [2.75, 3.05) is 0 Å². The average Bonchev–Trinajstić information content (AvgIpc) is 2.95. The lowest BCUT2D eigenvalue weighted by atomic mass is 10.2. The van der Waals surface area contributed by atoms with Gasteiger partial charge in [0, 0.05) is 17.1 Å². The third kappa shape index (κ3) is 3.90. The largest absolute Gasteiger partial charge is 0.318 e. The van der Waals surface area contributed by atoms with Gasteiger partial charge in [0.05, 0.1) is 10.6 Å². The molecule has 0 spiro atoms. The monoisotopic (exact) mass is 403 g/mol. The van der Waals surface area contributed by atoms with Gasteiger partial charge in [-0.25, -0.2) is 8.42 Å². The summed E-state index contributed by atoms with van der Waals surface area (Å²) in [6.45, 7) is 3.68. The number of sulfonamides is 1. The van der Waals surface area contributed by atoms with Crippen molar-refractivity contribution in [1.82, 2.24) is 14.8 Å². The number of nitrogens with zero attached hydrogens (tertiary/aromatic N) is 1. The molecule has 0 unspecified atom stereocenters. The van der Waals surface area contributed by atoms with E-state index >= 15 is 0 Å². The first-order valence-corrected chi connectivity index (χ1v) is 9.98. The van der Waals surface area contributed by atoms with Crippen LogP contribution in [0.2, 0.25) is 5.02 Å². The van der Waals surface area contributed by atoms with Crippen molar-refractivity contribution in [3.8, 4) is 5.69 Å². The fourth-order valence-electron chi connectivity index (χ4n) is 2.87. The highest BCUT2D eigenvalue weighted by Gasteiger charge is 2.21. The van der Waals surface area contributed by atoms with E-state index in [2.05, 4.69) is 10.3 Å². The molecule has 0 fully saturated rings. The van der Waals surface area contributed by atoms with Crippen molar-refractivity contribution < 1.29 is 13.2 Å². The van der Waals surface area contributed by atoms with Crippen molar-refractivity contribution in [2.24, 2.45) is 0 Å². The van der Waals surface area contributed by atoms with Gasteiger partial charge < -0.3 is 4.57 Å². The maximum atomic E-state index is 12.5. The first-order valence-electron chi connectivity index (χ1n) is 8.12. The molecule has 6 nitrogen and oxygen atoms in total. The SMILES string of the molecule is Cc1cc(C(=O)NNS(=O)(=O)c2ccccc2Cl)c(C)n1-c1ccccc1. The smallest absolute Gasteiger partial charge is 0.268 e. The predicted octanol–water partition coefficient (Wildman–Crippen LogP) is 3.37. The van der Waals surface area contributed by atoms with E-state index in [0.29, 0.717) is 11.3 Å². The Kier molecular flexibility index (Phi) is 5.36. The van der Waals surface area contributed by atoms with Crippen LogP contribution in [0.15, 0.2) is 65.6 Å². The van der Waals surface area contributed by atoms with Crippen LogP contribution in [0.3, 0.4) is 0 Å². The van der Waals surface area contributed by atoms with E-state index in [1.807, 2.05) is 41.8 Å². The van der Waals surface area contributed by atoms with Gasteiger partial charge in [0.15, 0.2) is 0 Å². The van der Waals surface area contributed by atoms with Crippen LogP contribution in [-0.4, -0.2) is 18.9 Å². The fourth-order valence-corrected chi connectivity index (χ4v) is 4.23. The summed E-state index contributed by atoms with van der Waals surface area (Å²) >= 11 is 5.92. The van der Waals surface area contributed by atoms with Crippen LogP contribution in [-0.2, 0) is 10.0 Å². The number of aryl methyl sites for hydroxylation is 1. The lowest BCUT2D eigenvalue weighted by molar-refractivity contribution is 0.0944. The average molecular weight is 404 g/mol. The number of hydrogen-bond donors (Lipinski definition) is 2. The highest BCUT2D eigenvalue weighted by molar-refractivity contribution is 7.89. The minimum Gasteiger partial charge on any atom is -0.318 e. The molecule has 0 saturated carbocycles. The van der Waals surface area contributed by atoms with Crippen molar-refractivity contribution in [2.45, 2.75) is 18.7 Å². The minimum absolute atomic E-state index is 0.0708. The van der Waals surface area contributed by atoms with Crippen LogP contribution >= 0.6 is 11.6 Å². The van der Waals surface area contributed by atoms with E-state index in [1.165, 1.54) is 12.1 Å². The second-order valence-corrected chi connectivity index (χ2v) is 8.00. The zero-order chi connectivity index (χ0) is 19.6.